The highest BCUT2D eigenvalue weighted by Gasteiger charge is 2.36. The number of amides is 2. The Balaban J connectivity index is 1.38. The van der Waals surface area contributed by atoms with Crippen molar-refractivity contribution in [3.05, 3.63) is 82.3 Å². The molecule has 0 unspecified atom stereocenters. The van der Waals surface area contributed by atoms with E-state index in [0.717, 1.165) is 11.3 Å². The number of anilines is 2. The molecule has 7 heteroatoms. The van der Waals surface area contributed by atoms with Gasteiger partial charge in [-0.1, -0.05) is 40.9 Å². The highest BCUT2D eigenvalue weighted by Crippen LogP contribution is 2.34. The van der Waals surface area contributed by atoms with Gasteiger partial charge in [-0.25, -0.2) is 0 Å². The Bertz CT molecular complexity index is 1110. The van der Waals surface area contributed by atoms with Crippen LogP contribution in [-0.2, 0) is 9.59 Å². The molecule has 31 heavy (non-hydrogen) atoms. The number of halogens is 2. The first kappa shape index (κ1) is 21.2. The zero-order valence-electron chi connectivity index (χ0n) is 16.8. The van der Waals surface area contributed by atoms with Crippen LogP contribution in [0, 0.1) is 12.8 Å². The van der Waals surface area contributed by atoms with E-state index in [1.165, 1.54) is 4.90 Å². The molecular weight excluding hydrogens is 435 g/mol. The van der Waals surface area contributed by atoms with Gasteiger partial charge in [-0.15, -0.1) is 0 Å². The number of hydrogen-bond acceptors (Lipinski definition) is 3. The van der Waals surface area contributed by atoms with E-state index < -0.39 is 5.92 Å². The number of carbonyl (C=O) groups excluding carboxylic acids is 2. The molecule has 1 atom stereocenters. The molecule has 1 aliphatic rings. The molecule has 5 nitrogen and oxygen atoms in total. The number of carbonyl (C=O) groups is 2. The van der Waals surface area contributed by atoms with Crippen LogP contribution in [0.15, 0.2) is 66.7 Å². The summed E-state index contributed by atoms with van der Waals surface area (Å²) in [5.41, 5.74) is 2.31. The number of aryl methyl sites for hydroxylation is 1. The molecule has 0 bridgehead atoms. The molecule has 4 rings (SSSR count). The first-order valence-corrected chi connectivity index (χ1v) is 10.6. The molecule has 1 saturated heterocycles. The maximum Gasteiger partial charge on any atom is 0.229 e. The summed E-state index contributed by atoms with van der Waals surface area (Å²) < 4.78 is 5.80. The van der Waals surface area contributed by atoms with Crippen molar-refractivity contribution in [2.75, 3.05) is 16.8 Å². The van der Waals surface area contributed by atoms with Crippen molar-refractivity contribution < 1.29 is 14.3 Å². The Morgan fingerprint density at radius 3 is 2.32 bits per heavy atom. The second-order valence-electron chi connectivity index (χ2n) is 7.43. The van der Waals surface area contributed by atoms with Gasteiger partial charge < -0.3 is 15.0 Å². The van der Waals surface area contributed by atoms with Crippen LogP contribution >= 0.6 is 23.2 Å². The van der Waals surface area contributed by atoms with Gasteiger partial charge in [0.15, 0.2) is 0 Å². The zero-order valence-corrected chi connectivity index (χ0v) is 18.3. The highest BCUT2D eigenvalue weighted by molar-refractivity contribution is 6.36. The quantitative estimate of drug-likeness (QED) is 0.507. The predicted octanol–water partition coefficient (Wildman–Crippen LogP) is 6.09. The fourth-order valence-electron chi connectivity index (χ4n) is 3.40. The summed E-state index contributed by atoms with van der Waals surface area (Å²) in [4.78, 5) is 26.7. The van der Waals surface area contributed by atoms with Crippen LogP contribution in [0.2, 0.25) is 10.0 Å². The largest absolute Gasteiger partial charge is 0.457 e. The van der Waals surface area contributed by atoms with Crippen LogP contribution in [0.4, 0.5) is 11.4 Å². The Morgan fingerprint density at radius 2 is 1.65 bits per heavy atom. The first-order valence-electron chi connectivity index (χ1n) is 9.80. The van der Waals surface area contributed by atoms with Crippen molar-refractivity contribution in [3.63, 3.8) is 0 Å². The normalized spacial score (nSPS) is 15.8. The van der Waals surface area contributed by atoms with Gasteiger partial charge in [0.1, 0.15) is 11.5 Å². The molecule has 3 aromatic rings. The average Bonchev–Trinajstić information content (AvgIpc) is 3.14. The lowest BCUT2D eigenvalue weighted by Gasteiger charge is -2.18. The summed E-state index contributed by atoms with van der Waals surface area (Å²) in [5.74, 6) is 0.546. The molecule has 0 spiro atoms. The molecule has 1 heterocycles. The zero-order chi connectivity index (χ0) is 22.0. The summed E-state index contributed by atoms with van der Waals surface area (Å²) in [6.07, 6.45) is 0.114. The van der Waals surface area contributed by atoms with Gasteiger partial charge >= 0.3 is 0 Å². The molecule has 2 amide bonds. The number of nitrogens with one attached hydrogen (secondary N) is 1. The Labute approximate surface area is 190 Å². The van der Waals surface area contributed by atoms with Crippen molar-refractivity contribution >= 4 is 46.4 Å². The minimum atomic E-state index is -0.481. The predicted molar refractivity (Wildman–Crippen MR) is 123 cm³/mol. The maximum absolute atomic E-state index is 12.7. The van der Waals surface area contributed by atoms with Gasteiger partial charge in [0.25, 0.3) is 0 Å². The lowest BCUT2D eigenvalue weighted by Crippen LogP contribution is -2.28. The van der Waals surface area contributed by atoms with E-state index in [9.17, 15) is 9.59 Å². The smallest absolute Gasteiger partial charge is 0.229 e. The molecule has 158 valence electrons. The third-order valence-electron chi connectivity index (χ3n) is 5.07. The number of ether oxygens (including phenoxy) is 1. The maximum atomic E-state index is 12.7. The first-order chi connectivity index (χ1) is 14.9. The van der Waals surface area contributed by atoms with Gasteiger partial charge in [0.2, 0.25) is 11.8 Å². The van der Waals surface area contributed by atoms with Crippen LogP contribution in [0.1, 0.15) is 12.0 Å². The molecule has 0 radical (unpaired) electrons. The number of nitrogens with zero attached hydrogens (tertiary/aromatic N) is 1. The fraction of sp³-hybridized carbons (Fsp3) is 0.167. The van der Waals surface area contributed by atoms with E-state index in [1.807, 2.05) is 31.2 Å². The highest BCUT2D eigenvalue weighted by atomic mass is 35.5. The topological polar surface area (TPSA) is 58.6 Å². The van der Waals surface area contributed by atoms with Gasteiger partial charge in [-0.05, 0) is 61.5 Å². The fourth-order valence-corrected chi connectivity index (χ4v) is 3.79. The van der Waals surface area contributed by atoms with E-state index in [0.29, 0.717) is 27.2 Å². The van der Waals surface area contributed by atoms with Crippen LogP contribution in [0.5, 0.6) is 11.5 Å². The van der Waals surface area contributed by atoms with Gasteiger partial charge in [-0.2, -0.15) is 0 Å². The van der Waals surface area contributed by atoms with Gasteiger partial charge in [0.05, 0.1) is 16.6 Å². The van der Waals surface area contributed by atoms with Crippen molar-refractivity contribution in [2.24, 2.45) is 5.92 Å². The van der Waals surface area contributed by atoms with Crippen molar-refractivity contribution in [1.82, 2.24) is 0 Å². The van der Waals surface area contributed by atoms with Crippen LogP contribution in [0.3, 0.4) is 0 Å². The monoisotopic (exact) mass is 454 g/mol. The Morgan fingerprint density at radius 1 is 1.00 bits per heavy atom. The minimum absolute atomic E-state index is 0.114. The second-order valence-corrected chi connectivity index (χ2v) is 8.27. The third-order valence-corrected chi connectivity index (χ3v) is 5.63. The van der Waals surface area contributed by atoms with Crippen LogP contribution in [0.25, 0.3) is 0 Å². The average molecular weight is 455 g/mol. The molecule has 3 aromatic carbocycles. The summed E-state index contributed by atoms with van der Waals surface area (Å²) in [6.45, 7) is 2.27. The van der Waals surface area contributed by atoms with E-state index in [-0.39, 0.29) is 24.8 Å². The molecule has 1 N–H and O–H groups in total. The van der Waals surface area contributed by atoms with E-state index in [2.05, 4.69) is 5.32 Å². The molecule has 1 aliphatic heterocycles. The van der Waals surface area contributed by atoms with Crippen molar-refractivity contribution in [2.45, 2.75) is 13.3 Å². The van der Waals surface area contributed by atoms with Crippen LogP contribution < -0.4 is 15.0 Å². The number of hydrogen-bond donors (Lipinski definition) is 1. The summed E-state index contributed by atoms with van der Waals surface area (Å²) in [6, 6.07) is 19.8. The lowest BCUT2D eigenvalue weighted by molar-refractivity contribution is -0.122. The van der Waals surface area contributed by atoms with Gasteiger partial charge in [-0.3, -0.25) is 9.59 Å². The number of benzene rings is 3. The van der Waals surface area contributed by atoms with E-state index >= 15 is 0 Å². The standard InChI is InChI=1S/C24H20Cl2N2O3/c1-15-2-7-19(8-3-15)31-20-9-5-18(6-10-20)27-24(30)16-12-23(29)28(14-16)22-13-17(25)4-11-21(22)26/h2-11,13,16H,12,14H2,1H3,(H,27,30)/t16-/m1/s1. The molecule has 0 aromatic heterocycles. The van der Waals surface area contributed by atoms with Crippen LogP contribution in [-0.4, -0.2) is 18.4 Å². The Kier molecular flexibility index (Phi) is 6.16. The molecule has 1 fully saturated rings. The molecule has 0 saturated carbocycles. The van der Waals surface area contributed by atoms with E-state index in [1.54, 1.807) is 42.5 Å². The van der Waals surface area contributed by atoms with Gasteiger partial charge in [0, 0.05) is 23.7 Å². The molecular formula is C24H20Cl2N2O3. The number of rotatable bonds is 5. The lowest BCUT2D eigenvalue weighted by atomic mass is 10.1. The third kappa shape index (κ3) is 5.01. The summed E-state index contributed by atoms with van der Waals surface area (Å²) in [5, 5.41) is 3.77. The summed E-state index contributed by atoms with van der Waals surface area (Å²) >= 11 is 12.2. The van der Waals surface area contributed by atoms with Crippen molar-refractivity contribution in [1.29, 1.82) is 0 Å². The SMILES string of the molecule is Cc1ccc(Oc2ccc(NC(=O)[C@@H]3CC(=O)N(c4cc(Cl)ccc4Cl)C3)cc2)cc1. The van der Waals surface area contributed by atoms with Crippen molar-refractivity contribution in [3.8, 4) is 11.5 Å². The molecule has 0 aliphatic carbocycles. The minimum Gasteiger partial charge on any atom is -0.457 e. The van der Waals surface area contributed by atoms with E-state index in [4.69, 9.17) is 27.9 Å². The Hall–Kier alpha value is -3.02. The second kappa shape index (κ2) is 9.00. The summed E-state index contributed by atoms with van der Waals surface area (Å²) in [7, 11) is 0.